The molecule has 0 atom stereocenters. The standard InChI is InChI=1S/C22H21F2N5O5/c1-26-21(32)34-17-10-14-8-13(9-15(18(14)33-17)19(30)28-25)16-3-2-12(11-27-16)20(31)29-6-4-22(23,24)5-7-29/h2-3,8-11H,4-7,25H2,1H3,(H,26,32)(H,28,30). The molecule has 34 heavy (non-hydrogen) atoms. The number of nitrogens with one attached hydrogen (secondary N) is 2. The molecule has 1 saturated heterocycles. The van der Waals surface area contributed by atoms with Crippen LogP contribution in [0.25, 0.3) is 22.2 Å². The van der Waals surface area contributed by atoms with E-state index in [4.69, 9.17) is 15.0 Å². The summed E-state index contributed by atoms with van der Waals surface area (Å²) in [6.45, 7) is -0.0501. The number of carbonyl (C=O) groups is 3. The Labute approximate surface area is 192 Å². The second kappa shape index (κ2) is 9.06. The topological polar surface area (TPSA) is 140 Å². The van der Waals surface area contributed by atoms with Gasteiger partial charge < -0.3 is 19.4 Å². The number of hydrazine groups is 1. The van der Waals surface area contributed by atoms with E-state index in [1.165, 1.54) is 30.3 Å². The van der Waals surface area contributed by atoms with Gasteiger partial charge in [0.1, 0.15) is 0 Å². The van der Waals surface area contributed by atoms with Crippen LogP contribution in [0, 0.1) is 0 Å². The number of ether oxygens (including phenoxy) is 1. The smallest absolute Gasteiger partial charge is 0.414 e. The van der Waals surface area contributed by atoms with Gasteiger partial charge in [0.25, 0.3) is 23.7 Å². The van der Waals surface area contributed by atoms with Crippen molar-refractivity contribution in [1.82, 2.24) is 20.6 Å². The SMILES string of the molecule is CNC(=O)Oc1cc2cc(-c3ccc(C(=O)N4CCC(F)(F)CC4)cn3)cc(C(=O)NN)c2o1. The average molecular weight is 473 g/mol. The molecular weight excluding hydrogens is 452 g/mol. The molecule has 0 unspecified atom stereocenters. The number of furan rings is 1. The number of nitrogen functional groups attached to an aromatic ring is 1. The molecule has 0 spiro atoms. The van der Waals surface area contributed by atoms with Gasteiger partial charge in [0, 0.05) is 56.2 Å². The lowest BCUT2D eigenvalue weighted by atomic mass is 10.0. The van der Waals surface area contributed by atoms with Crippen LogP contribution in [0.3, 0.4) is 0 Å². The minimum atomic E-state index is -2.75. The Hall–Kier alpha value is -4.06. The minimum absolute atomic E-state index is 0.0250. The molecular formula is C22H21F2N5O5. The van der Waals surface area contributed by atoms with Crippen molar-refractivity contribution in [3.8, 4) is 17.2 Å². The van der Waals surface area contributed by atoms with Crippen LogP contribution in [-0.2, 0) is 0 Å². The van der Waals surface area contributed by atoms with Crippen molar-refractivity contribution in [1.29, 1.82) is 0 Å². The number of aromatic nitrogens is 1. The molecule has 1 aliphatic heterocycles. The number of pyridine rings is 1. The Morgan fingerprint density at radius 2 is 1.91 bits per heavy atom. The second-order valence-electron chi connectivity index (χ2n) is 7.70. The number of alkyl halides is 2. The Balaban J connectivity index is 1.63. The molecule has 4 rings (SSSR count). The number of nitrogens with zero attached hydrogens (tertiary/aromatic N) is 2. The van der Waals surface area contributed by atoms with Crippen molar-refractivity contribution < 1.29 is 32.3 Å². The first-order valence-electron chi connectivity index (χ1n) is 10.3. The van der Waals surface area contributed by atoms with Crippen molar-refractivity contribution in [3.63, 3.8) is 0 Å². The highest BCUT2D eigenvalue weighted by Gasteiger charge is 2.35. The van der Waals surface area contributed by atoms with Gasteiger partial charge in [0.15, 0.2) is 5.58 Å². The van der Waals surface area contributed by atoms with E-state index in [-0.39, 0.29) is 54.5 Å². The molecule has 4 N–H and O–H groups in total. The Bertz CT molecular complexity index is 1250. The highest BCUT2D eigenvalue weighted by Crippen LogP contribution is 2.33. The van der Waals surface area contributed by atoms with Crippen molar-refractivity contribution in [3.05, 3.63) is 47.7 Å². The summed E-state index contributed by atoms with van der Waals surface area (Å²) in [5.41, 5.74) is 3.48. The molecule has 3 amide bonds. The molecule has 1 aromatic carbocycles. The Kier molecular flexibility index (Phi) is 6.16. The van der Waals surface area contributed by atoms with E-state index < -0.39 is 17.9 Å². The highest BCUT2D eigenvalue weighted by molar-refractivity contribution is 6.06. The summed E-state index contributed by atoms with van der Waals surface area (Å²) in [4.78, 5) is 42.1. The van der Waals surface area contributed by atoms with Crippen molar-refractivity contribution in [2.45, 2.75) is 18.8 Å². The number of hydrogen-bond acceptors (Lipinski definition) is 7. The van der Waals surface area contributed by atoms with Gasteiger partial charge >= 0.3 is 6.09 Å². The number of likely N-dealkylation sites (tertiary alicyclic amines) is 1. The fourth-order valence-corrected chi connectivity index (χ4v) is 3.63. The summed E-state index contributed by atoms with van der Waals surface area (Å²) in [6, 6.07) is 7.72. The molecule has 3 aromatic rings. The van der Waals surface area contributed by atoms with Crippen LogP contribution in [0.5, 0.6) is 5.95 Å². The van der Waals surface area contributed by atoms with Gasteiger partial charge in [-0.2, -0.15) is 0 Å². The first-order valence-corrected chi connectivity index (χ1v) is 10.3. The molecule has 2 aromatic heterocycles. The zero-order valence-electron chi connectivity index (χ0n) is 18.1. The van der Waals surface area contributed by atoms with Crippen LogP contribution in [0.4, 0.5) is 13.6 Å². The first-order chi connectivity index (χ1) is 16.2. The van der Waals surface area contributed by atoms with E-state index in [2.05, 4.69) is 10.3 Å². The van der Waals surface area contributed by atoms with E-state index in [1.54, 1.807) is 18.2 Å². The molecule has 0 bridgehead atoms. The molecule has 1 aliphatic rings. The van der Waals surface area contributed by atoms with E-state index in [0.29, 0.717) is 16.6 Å². The molecule has 0 aliphatic carbocycles. The van der Waals surface area contributed by atoms with Gasteiger partial charge in [-0.15, -0.1) is 0 Å². The van der Waals surface area contributed by atoms with Crippen molar-refractivity contribution in [2.24, 2.45) is 5.84 Å². The predicted octanol–water partition coefficient (Wildman–Crippen LogP) is 2.69. The van der Waals surface area contributed by atoms with Gasteiger partial charge in [-0.05, 0) is 24.3 Å². The second-order valence-corrected chi connectivity index (χ2v) is 7.70. The lowest BCUT2D eigenvalue weighted by Crippen LogP contribution is -2.42. The summed E-state index contributed by atoms with van der Waals surface area (Å²) >= 11 is 0. The van der Waals surface area contributed by atoms with Gasteiger partial charge in [-0.3, -0.25) is 20.0 Å². The quantitative estimate of drug-likeness (QED) is 0.301. The summed E-state index contributed by atoms with van der Waals surface area (Å²) in [7, 11) is 1.39. The maximum Gasteiger partial charge on any atom is 0.414 e. The highest BCUT2D eigenvalue weighted by atomic mass is 19.3. The van der Waals surface area contributed by atoms with Crippen LogP contribution in [-0.4, -0.2) is 53.9 Å². The number of piperidine rings is 1. The molecule has 12 heteroatoms. The Morgan fingerprint density at radius 1 is 1.18 bits per heavy atom. The summed E-state index contributed by atoms with van der Waals surface area (Å²) in [5, 5.41) is 2.74. The number of halogens is 2. The monoisotopic (exact) mass is 473 g/mol. The van der Waals surface area contributed by atoms with Gasteiger partial charge in [0.2, 0.25) is 0 Å². The van der Waals surface area contributed by atoms with Crippen molar-refractivity contribution >= 4 is 28.9 Å². The average Bonchev–Trinajstić information content (AvgIpc) is 3.24. The zero-order chi connectivity index (χ0) is 24.5. The van der Waals surface area contributed by atoms with Crippen LogP contribution in [0.2, 0.25) is 0 Å². The van der Waals surface area contributed by atoms with Crippen LogP contribution >= 0.6 is 0 Å². The first kappa shape index (κ1) is 23.1. The number of rotatable bonds is 4. The van der Waals surface area contributed by atoms with Crippen LogP contribution in [0.15, 0.2) is 40.9 Å². The van der Waals surface area contributed by atoms with Gasteiger partial charge in [-0.25, -0.2) is 19.4 Å². The van der Waals surface area contributed by atoms with Crippen LogP contribution in [0.1, 0.15) is 33.6 Å². The third-order valence-corrected chi connectivity index (χ3v) is 5.46. The number of nitrogens with two attached hydrogens (primary N) is 1. The molecule has 178 valence electrons. The Morgan fingerprint density at radius 3 is 2.53 bits per heavy atom. The summed E-state index contributed by atoms with van der Waals surface area (Å²) in [6.07, 6.45) is -0.130. The fourth-order valence-electron chi connectivity index (χ4n) is 3.63. The number of fused-ring (bicyclic) bond motifs is 1. The molecule has 0 saturated carbocycles. The fraction of sp³-hybridized carbons (Fsp3) is 0.273. The predicted molar refractivity (Wildman–Crippen MR) is 116 cm³/mol. The summed E-state index contributed by atoms with van der Waals surface area (Å²) in [5.74, 6) is 1.41. The van der Waals surface area contributed by atoms with E-state index >= 15 is 0 Å². The van der Waals surface area contributed by atoms with E-state index in [9.17, 15) is 23.2 Å². The maximum atomic E-state index is 13.4. The maximum absolute atomic E-state index is 13.4. The normalized spacial score (nSPS) is 15.1. The zero-order valence-corrected chi connectivity index (χ0v) is 18.1. The number of hydrogen-bond donors (Lipinski definition) is 3. The van der Waals surface area contributed by atoms with Gasteiger partial charge in [-0.1, -0.05) is 0 Å². The minimum Gasteiger partial charge on any atom is -0.424 e. The number of amides is 3. The van der Waals surface area contributed by atoms with E-state index in [1.807, 2.05) is 5.43 Å². The number of benzene rings is 1. The molecule has 3 heterocycles. The lowest BCUT2D eigenvalue weighted by molar-refractivity contribution is -0.0494. The van der Waals surface area contributed by atoms with Crippen molar-refractivity contribution in [2.75, 3.05) is 20.1 Å². The molecule has 10 nitrogen and oxygen atoms in total. The third-order valence-electron chi connectivity index (χ3n) is 5.46. The number of carbonyl (C=O) groups excluding carboxylic acids is 3. The summed E-state index contributed by atoms with van der Waals surface area (Å²) < 4.78 is 37.2. The van der Waals surface area contributed by atoms with E-state index in [0.717, 1.165) is 0 Å². The molecule has 1 fully saturated rings. The largest absolute Gasteiger partial charge is 0.424 e. The van der Waals surface area contributed by atoms with Gasteiger partial charge in [0.05, 0.1) is 16.8 Å². The lowest BCUT2D eigenvalue weighted by Gasteiger charge is -2.31. The molecule has 0 radical (unpaired) electrons. The van der Waals surface area contributed by atoms with Crippen LogP contribution < -0.4 is 21.3 Å². The third kappa shape index (κ3) is 4.66.